The largest absolute Gasteiger partial charge is 0.369 e. The van der Waals surface area contributed by atoms with Crippen molar-refractivity contribution in [2.24, 2.45) is 5.41 Å². The highest BCUT2D eigenvalue weighted by Crippen LogP contribution is 2.35. The van der Waals surface area contributed by atoms with Gasteiger partial charge in [0, 0.05) is 58.0 Å². The number of hydrogen-bond acceptors (Lipinski definition) is 9. The summed E-state index contributed by atoms with van der Waals surface area (Å²) in [5.41, 5.74) is 2.83. The van der Waals surface area contributed by atoms with Crippen LogP contribution in [-0.4, -0.2) is 103 Å². The van der Waals surface area contributed by atoms with Crippen LogP contribution in [0.2, 0.25) is 0 Å². The number of piperidine rings is 1. The fourth-order valence-electron chi connectivity index (χ4n) is 6.70. The first kappa shape index (κ1) is 28.0. The van der Waals surface area contributed by atoms with Crippen molar-refractivity contribution in [1.29, 1.82) is 0 Å². The molecule has 0 bridgehead atoms. The van der Waals surface area contributed by atoms with E-state index in [9.17, 15) is 18.0 Å². The van der Waals surface area contributed by atoms with Crippen molar-refractivity contribution in [2.75, 3.05) is 63.8 Å². The molecule has 0 unspecified atom stereocenters. The normalized spacial score (nSPS) is 19.3. The van der Waals surface area contributed by atoms with Gasteiger partial charge in [-0.05, 0) is 61.9 Å². The zero-order valence-corrected chi connectivity index (χ0v) is 25.3. The number of nitrogens with zero attached hydrogens (tertiary/aromatic N) is 6. The second kappa shape index (κ2) is 10.4. The van der Waals surface area contributed by atoms with Crippen LogP contribution in [0, 0.1) is 19.3 Å². The number of likely N-dealkylation sites (tertiary alicyclic amines) is 1. The zero-order chi connectivity index (χ0) is 29.9. The molecule has 12 nitrogen and oxygen atoms in total. The molecule has 5 heterocycles. The number of anilines is 1. The molecule has 226 valence electrons. The summed E-state index contributed by atoms with van der Waals surface area (Å²) in [5.74, 6) is 0.210. The molecule has 2 aromatic carbocycles. The molecule has 0 aliphatic carbocycles. The molecule has 3 aliphatic rings. The maximum absolute atomic E-state index is 13.6. The van der Waals surface area contributed by atoms with Gasteiger partial charge in [-0.25, -0.2) is 18.1 Å². The van der Waals surface area contributed by atoms with Gasteiger partial charge in [0.25, 0.3) is 5.56 Å². The third kappa shape index (κ3) is 4.88. The number of aromatic amines is 1. The zero-order valence-electron chi connectivity index (χ0n) is 24.5. The molecule has 3 aliphatic heterocycles. The monoisotopic (exact) mass is 604 g/mol. The first-order chi connectivity index (χ1) is 20.6. The number of rotatable bonds is 5. The highest BCUT2D eigenvalue weighted by molar-refractivity contribution is 7.91. The molecular formula is C30H36N8O4S. The van der Waals surface area contributed by atoms with Crippen LogP contribution in [0.25, 0.3) is 16.6 Å². The lowest BCUT2D eigenvalue weighted by Gasteiger charge is -2.48. The fourth-order valence-corrected chi connectivity index (χ4v) is 8.17. The average Bonchev–Trinajstić information content (AvgIpc) is 3.41. The summed E-state index contributed by atoms with van der Waals surface area (Å²) in [4.78, 5) is 36.7. The summed E-state index contributed by atoms with van der Waals surface area (Å²) < 4.78 is 28.6. The summed E-state index contributed by atoms with van der Waals surface area (Å²) in [6, 6.07) is 10.6. The van der Waals surface area contributed by atoms with Crippen molar-refractivity contribution in [3.8, 4) is 0 Å². The summed E-state index contributed by atoms with van der Waals surface area (Å²) in [6.07, 6.45) is 2.17. The summed E-state index contributed by atoms with van der Waals surface area (Å²) in [6.45, 7) is 10.9. The summed E-state index contributed by atoms with van der Waals surface area (Å²) in [7, 11) is -4.03. The molecule has 1 spiro atoms. The number of fused-ring (bicyclic) bond motifs is 3. The molecule has 3 fully saturated rings. The van der Waals surface area contributed by atoms with Gasteiger partial charge < -0.3 is 15.1 Å². The van der Waals surface area contributed by atoms with Crippen molar-refractivity contribution < 1.29 is 13.2 Å². The lowest BCUT2D eigenvalue weighted by molar-refractivity contribution is -0.135. The van der Waals surface area contributed by atoms with Crippen molar-refractivity contribution in [1.82, 2.24) is 34.9 Å². The van der Waals surface area contributed by atoms with Crippen LogP contribution >= 0.6 is 0 Å². The predicted molar refractivity (Wildman–Crippen MR) is 162 cm³/mol. The molecule has 0 atom stereocenters. The van der Waals surface area contributed by atoms with Crippen LogP contribution in [0.15, 0.2) is 51.1 Å². The Hall–Kier alpha value is -3.81. The Morgan fingerprint density at radius 2 is 1.72 bits per heavy atom. The van der Waals surface area contributed by atoms with Gasteiger partial charge in [0.15, 0.2) is 5.65 Å². The predicted octanol–water partition coefficient (Wildman–Crippen LogP) is 1.35. The lowest BCUT2D eigenvalue weighted by atomic mass is 9.73. The molecule has 0 saturated carbocycles. The Labute approximate surface area is 249 Å². The Kier molecular flexibility index (Phi) is 6.78. The second-order valence-corrected chi connectivity index (χ2v) is 14.1. The van der Waals surface area contributed by atoms with Gasteiger partial charge in [-0.15, -0.1) is 5.10 Å². The number of amides is 1. The van der Waals surface area contributed by atoms with Crippen LogP contribution in [0.5, 0.6) is 0 Å². The maximum atomic E-state index is 13.6. The van der Waals surface area contributed by atoms with Gasteiger partial charge in [0.05, 0.1) is 22.3 Å². The fraction of sp³-hybridized carbons (Fsp3) is 0.467. The molecule has 7 rings (SSSR count). The summed E-state index contributed by atoms with van der Waals surface area (Å²) >= 11 is 0. The van der Waals surface area contributed by atoms with Crippen LogP contribution in [0.3, 0.4) is 0 Å². The van der Waals surface area contributed by atoms with E-state index in [1.165, 1.54) is 4.52 Å². The van der Waals surface area contributed by atoms with Crippen molar-refractivity contribution in [3.63, 3.8) is 0 Å². The highest BCUT2D eigenvalue weighted by Gasteiger charge is 2.40. The first-order valence-corrected chi connectivity index (χ1v) is 16.3. The minimum absolute atomic E-state index is 0.0323. The molecular weight excluding hydrogens is 568 g/mol. The number of benzene rings is 2. The van der Waals surface area contributed by atoms with Crippen LogP contribution < -0.4 is 15.8 Å². The number of sulfone groups is 1. The Bertz CT molecular complexity index is 1890. The van der Waals surface area contributed by atoms with Gasteiger partial charge in [0.1, 0.15) is 0 Å². The lowest BCUT2D eigenvalue weighted by Crippen LogP contribution is -2.59. The van der Waals surface area contributed by atoms with E-state index in [2.05, 4.69) is 30.4 Å². The van der Waals surface area contributed by atoms with E-state index >= 15 is 0 Å². The minimum atomic E-state index is -4.03. The van der Waals surface area contributed by atoms with E-state index in [4.69, 9.17) is 0 Å². The number of aryl methyl sites for hydroxylation is 2. The van der Waals surface area contributed by atoms with E-state index in [1.807, 2.05) is 24.0 Å². The molecule has 2 aromatic heterocycles. The van der Waals surface area contributed by atoms with Gasteiger partial charge in [-0.1, -0.05) is 17.7 Å². The Morgan fingerprint density at radius 3 is 2.40 bits per heavy atom. The average molecular weight is 605 g/mol. The molecule has 4 aromatic rings. The van der Waals surface area contributed by atoms with E-state index in [1.54, 1.807) is 31.2 Å². The highest BCUT2D eigenvalue weighted by atomic mass is 32.2. The molecule has 43 heavy (non-hydrogen) atoms. The first-order valence-electron chi connectivity index (χ1n) is 14.8. The number of aromatic nitrogens is 4. The summed E-state index contributed by atoms with van der Waals surface area (Å²) in [5, 5.41) is 10.4. The minimum Gasteiger partial charge on any atom is -0.369 e. The van der Waals surface area contributed by atoms with Crippen molar-refractivity contribution >= 4 is 38.0 Å². The number of carbonyl (C=O) groups excluding carboxylic acids is 1. The Balaban J connectivity index is 1.09. The number of nitrogens with one attached hydrogen (secondary N) is 2. The number of hydrogen-bond donors (Lipinski definition) is 2. The van der Waals surface area contributed by atoms with Crippen LogP contribution in [-0.2, 0) is 14.6 Å². The maximum Gasteiger partial charge on any atom is 0.281 e. The third-order valence-corrected chi connectivity index (χ3v) is 11.3. The quantitative estimate of drug-likeness (QED) is 0.346. The smallest absolute Gasteiger partial charge is 0.281 e. The molecule has 1 amide bonds. The van der Waals surface area contributed by atoms with Gasteiger partial charge in [-0.3, -0.25) is 14.5 Å². The SMILES string of the molecule is Cc1ccc(S(=O)(=O)c2n[nH]n3c2nc(=O)c2ccc(N4CCN(CC(=O)N5CCC6(CC5)CNC6)CC4)cc23)c(C)c1. The molecule has 2 N–H and O–H groups in total. The van der Waals surface area contributed by atoms with Crippen LogP contribution in [0.4, 0.5) is 5.69 Å². The van der Waals surface area contributed by atoms with Gasteiger partial charge in [-0.2, -0.15) is 4.98 Å². The Morgan fingerprint density at radius 1 is 0.977 bits per heavy atom. The van der Waals surface area contributed by atoms with Gasteiger partial charge in [0.2, 0.25) is 20.8 Å². The number of piperazine rings is 1. The van der Waals surface area contributed by atoms with Crippen LogP contribution in [0.1, 0.15) is 24.0 Å². The van der Waals surface area contributed by atoms with E-state index in [0.29, 0.717) is 28.4 Å². The topological polar surface area (TPSA) is 136 Å². The molecule has 3 saturated heterocycles. The van der Waals surface area contributed by atoms with E-state index < -0.39 is 15.4 Å². The number of H-pyrrole nitrogens is 1. The van der Waals surface area contributed by atoms with Crippen molar-refractivity contribution in [2.45, 2.75) is 36.6 Å². The van der Waals surface area contributed by atoms with Crippen molar-refractivity contribution in [3.05, 3.63) is 57.9 Å². The molecule has 0 radical (unpaired) electrons. The second-order valence-electron chi connectivity index (χ2n) is 12.3. The van der Waals surface area contributed by atoms with E-state index in [0.717, 1.165) is 76.5 Å². The van der Waals surface area contributed by atoms with Gasteiger partial charge >= 0.3 is 0 Å². The standard InChI is InChI=1S/C30H36N8O4S/c1-20-3-6-25(21(2)15-20)43(41,42)29-27-32-28(40)23-5-4-22(16-24(23)38(27)34-33-29)36-13-11-35(12-14-36)17-26(39)37-9-7-30(8-10-37)18-31-19-30/h3-6,15-16,31,34H,7-14,17-19H2,1-2H3. The molecule has 13 heteroatoms. The van der Waals surface area contributed by atoms with E-state index in [-0.39, 0.29) is 21.5 Å². The number of carbonyl (C=O) groups is 1. The third-order valence-electron chi connectivity index (χ3n) is 9.46.